The summed E-state index contributed by atoms with van der Waals surface area (Å²) in [7, 11) is 0. The summed E-state index contributed by atoms with van der Waals surface area (Å²) >= 11 is 12.5. The molecule has 6 heteroatoms. The van der Waals surface area contributed by atoms with Crippen molar-refractivity contribution < 1.29 is 4.74 Å². The zero-order valence-electron chi connectivity index (χ0n) is 14.4. The third-order valence-electron chi connectivity index (χ3n) is 4.59. The predicted octanol–water partition coefficient (Wildman–Crippen LogP) is 4.82. The van der Waals surface area contributed by atoms with E-state index in [1.54, 1.807) is 0 Å². The maximum absolute atomic E-state index is 6.47. The van der Waals surface area contributed by atoms with Crippen molar-refractivity contribution >= 4 is 23.2 Å². The van der Waals surface area contributed by atoms with Gasteiger partial charge in [-0.3, -0.25) is 0 Å². The Labute approximate surface area is 162 Å². The lowest BCUT2D eigenvalue weighted by atomic mass is 10.0. The van der Waals surface area contributed by atoms with Crippen LogP contribution in [0, 0.1) is 6.92 Å². The maximum Gasteiger partial charge on any atom is 0.114 e. The molecule has 0 aliphatic carbocycles. The van der Waals surface area contributed by atoms with Gasteiger partial charge in [0.05, 0.1) is 28.7 Å². The molecule has 4 nitrogen and oxygen atoms in total. The Balaban J connectivity index is 1.91. The molecule has 26 heavy (non-hydrogen) atoms. The van der Waals surface area contributed by atoms with Gasteiger partial charge in [-0.2, -0.15) is 5.10 Å². The fourth-order valence-corrected chi connectivity index (χ4v) is 3.65. The summed E-state index contributed by atoms with van der Waals surface area (Å²) in [6.45, 7) is 4.38. The number of halogens is 2. The molecule has 0 spiro atoms. The highest BCUT2D eigenvalue weighted by molar-refractivity contribution is 6.32. The molecule has 2 aromatic carbocycles. The average molecular weight is 388 g/mol. The van der Waals surface area contributed by atoms with Gasteiger partial charge in [0.25, 0.3) is 0 Å². The fraction of sp³-hybridized carbons (Fsp3) is 0.250. The van der Waals surface area contributed by atoms with Crippen molar-refractivity contribution in [3.05, 3.63) is 69.8 Å². The third-order valence-corrected chi connectivity index (χ3v) is 5.16. The van der Waals surface area contributed by atoms with Crippen LogP contribution in [0.2, 0.25) is 10.0 Å². The van der Waals surface area contributed by atoms with Gasteiger partial charge in [-0.1, -0.05) is 47.5 Å². The van der Waals surface area contributed by atoms with Crippen LogP contribution >= 0.6 is 23.2 Å². The van der Waals surface area contributed by atoms with E-state index in [4.69, 9.17) is 33.0 Å². The first kappa shape index (κ1) is 17.6. The number of aromatic nitrogens is 2. The van der Waals surface area contributed by atoms with Gasteiger partial charge in [0.15, 0.2) is 0 Å². The third kappa shape index (κ3) is 3.26. The van der Waals surface area contributed by atoms with Gasteiger partial charge < -0.3 is 10.1 Å². The summed E-state index contributed by atoms with van der Waals surface area (Å²) < 4.78 is 7.85. The Hall–Kier alpha value is -1.85. The smallest absolute Gasteiger partial charge is 0.114 e. The molecule has 134 valence electrons. The van der Waals surface area contributed by atoms with Gasteiger partial charge in [-0.05, 0) is 31.2 Å². The summed E-state index contributed by atoms with van der Waals surface area (Å²) in [5.41, 5.74) is 4.90. The summed E-state index contributed by atoms with van der Waals surface area (Å²) in [5, 5.41) is 9.62. The normalized spacial score (nSPS) is 17.4. The number of nitrogens with zero attached hydrogens (tertiary/aromatic N) is 2. The van der Waals surface area contributed by atoms with Crippen molar-refractivity contribution in [2.75, 3.05) is 19.7 Å². The van der Waals surface area contributed by atoms with Gasteiger partial charge in [0.1, 0.15) is 6.10 Å². The standard InChI is InChI=1S/C20H19Cl2N3O/c1-13-19(18-12-23-10-11-26-18)24-25(17-5-3-2-4-16(17)22)20(13)14-6-8-15(21)9-7-14/h2-9,18,23H,10-12H2,1H3. The van der Waals surface area contributed by atoms with E-state index in [9.17, 15) is 0 Å². The Kier molecular flexibility index (Phi) is 5.00. The van der Waals surface area contributed by atoms with Crippen molar-refractivity contribution in [3.8, 4) is 16.9 Å². The van der Waals surface area contributed by atoms with E-state index in [0.717, 1.165) is 41.3 Å². The molecule has 1 atom stereocenters. The van der Waals surface area contributed by atoms with Gasteiger partial charge in [0.2, 0.25) is 0 Å². The summed E-state index contributed by atoms with van der Waals surface area (Å²) in [6.07, 6.45) is -0.0708. The van der Waals surface area contributed by atoms with Crippen LogP contribution in [0.5, 0.6) is 0 Å². The fourth-order valence-electron chi connectivity index (χ4n) is 3.30. The second-order valence-electron chi connectivity index (χ2n) is 6.29. The minimum atomic E-state index is -0.0708. The number of para-hydroxylation sites is 1. The first-order valence-corrected chi connectivity index (χ1v) is 9.33. The van der Waals surface area contributed by atoms with Crippen molar-refractivity contribution in [2.45, 2.75) is 13.0 Å². The maximum atomic E-state index is 6.47. The van der Waals surface area contributed by atoms with Crippen LogP contribution in [0.1, 0.15) is 17.4 Å². The highest BCUT2D eigenvalue weighted by atomic mass is 35.5. The first-order valence-electron chi connectivity index (χ1n) is 8.58. The average Bonchev–Trinajstić information content (AvgIpc) is 3.01. The van der Waals surface area contributed by atoms with Crippen LogP contribution in [0.15, 0.2) is 48.5 Å². The molecule has 1 aliphatic rings. The van der Waals surface area contributed by atoms with Crippen LogP contribution < -0.4 is 5.32 Å². The second kappa shape index (κ2) is 7.41. The van der Waals surface area contributed by atoms with Crippen LogP contribution in [0.3, 0.4) is 0 Å². The molecule has 4 rings (SSSR count). The Morgan fingerprint density at radius 3 is 2.58 bits per heavy atom. The molecule has 1 N–H and O–H groups in total. The molecule has 1 saturated heterocycles. The molecule has 0 saturated carbocycles. The largest absolute Gasteiger partial charge is 0.369 e. The van der Waals surface area contributed by atoms with Crippen molar-refractivity contribution in [3.63, 3.8) is 0 Å². The molecule has 0 bridgehead atoms. The van der Waals surface area contributed by atoms with Gasteiger partial charge in [0, 0.05) is 29.2 Å². The number of morpholine rings is 1. The zero-order valence-corrected chi connectivity index (χ0v) is 15.9. The Morgan fingerprint density at radius 2 is 1.88 bits per heavy atom. The topological polar surface area (TPSA) is 39.1 Å². The highest BCUT2D eigenvalue weighted by Crippen LogP contribution is 2.34. The van der Waals surface area contributed by atoms with E-state index in [-0.39, 0.29) is 6.10 Å². The first-order chi connectivity index (χ1) is 12.6. The van der Waals surface area contributed by atoms with Gasteiger partial charge >= 0.3 is 0 Å². The number of ether oxygens (including phenoxy) is 1. The lowest BCUT2D eigenvalue weighted by Gasteiger charge is -2.22. The highest BCUT2D eigenvalue weighted by Gasteiger charge is 2.26. The van der Waals surface area contributed by atoms with Crippen LogP contribution in [-0.2, 0) is 4.74 Å². The lowest BCUT2D eigenvalue weighted by Crippen LogP contribution is -2.33. The van der Waals surface area contributed by atoms with Crippen LogP contribution in [-0.4, -0.2) is 29.5 Å². The predicted molar refractivity (Wildman–Crippen MR) is 105 cm³/mol. The summed E-state index contributed by atoms with van der Waals surface area (Å²) in [6, 6.07) is 15.5. The quantitative estimate of drug-likeness (QED) is 0.700. The number of hydrogen-bond donors (Lipinski definition) is 1. The van der Waals surface area contributed by atoms with Crippen molar-refractivity contribution in [1.29, 1.82) is 0 Å². The second-order valence-corrected chi connectivity index (χ2v) is 7.14. The van der Waals surface area contributed by atoms with Gasteiger partial charge in [-0.25, -0.2) is 4.68 Å². The van der Waals surface area contributed by atoms with E-state index in [1.165, 1.54) is 0 Å². The number of hydrogen-bond acceptors (Lipinski definition) is 3. The van der Waals surface area contributed by atoms with E-state index in [2.05, 4.69) is 12.2 Å². The molecule has 1 fully saturated rings. The van der Waals surface area contributed by atoms with E-state index in [1.807, 2.05) is 53.2 Å². The number of benzene rings is 2. The van der Waals surface area contributed by atoms with Crippen molar-refractivity contribution in [2.24, 2.45) is 0 Å². The molecule has 0 amide bonds. The minimum Gasteiger partial charge on any atom is -0.369 e. The molecular formula is C20H19Cl2N3O. The minimum absolute atomic E-state index is 0.0708. The van der Waals surface area contributed by atoms with Crippen LogP contribution in [0.25, 0.3) is 16.9 Å². The Morgan fingerprint density at radius 1 is 1.12 bits per heavy atom. The Bertz CT molecular complexity index is 915. The van der Waals surface area contributed by atoms with E-state index in [0.29, 0.717) is 16.7 Å². The molecule has 3 aromatic rings. The molecule has 0 radical (unpaired) electrons. The zero-order chi connectivity index (χ0) is 18.1. The molecule has 2 heterocycles. The van der Waals surface area contributed by atoms with E-state index >= 15 is 0 Å². The molecule has 1 unspecified atom stereocenters. The van der Waals surface area contributed by atoms with Gasteiger partial charge in [-0.15, -0.1) is 0 Å². The lowest BCUT2D eigenvalue weighted by molar-refractivity contribution is 0.0244. The number of rotatable bonds is 3. The summed E-state index contributed by atoms with van der Waals surface area (Å²) in [4.78, 5) is 0. The number of nitrogens with one attached hydrogen (secondary N) is 1. The SMILES string of the molecule is Cc1c(C2CNCCO2)nn(-c2ccccc2Cl)c1-c1ccc(Cl)cc1. The monoisotopic (exact) mass is 387 g/mol. The summed E-state index contributed by atoms with van der Waals surface area (Å²) in [5.74, 6) is 0. The van der Waals surface area contributed by atoms with E-state index < -0.39 is 0 Å². The van der Waals surface area contributed by atoms with Crippen molar-refractivity contribution in [1.82, 2.24) is 15.1 Å². The molecular weight excluding hydrogens is 369 g/mol. The molecule has 1 aromatic heterocycles. The van der Waals surface area contributed by atoms with Crippen LogP contribution in [0.4, 0.5) is 0 Å². The molecule has 1 aliphatic heterocycles.